The summed E-state index contributed by atoms with van der Waals surface area (Å²) in [5.41, 5.74) is 1.16. The van der Waals surface area contributed by atoms with Gasteiger partial charge in [0, 0.05) is 37.0 Å². The molecule has 0 fully saturated rings. The number of aromatic nitrogens is 1. The van der Waals surface area contributed by atoms with E-state index in [0.29, 0.717) is 41.0 Å². The second-order valence-corrected chi connectivity index (χ2v) is 6.70. The summed E-state index contributed by atoms with van der Waals surface area (Å²) >= 11 is 1.28. The number of benzene rings is 2. The number of hydrogen-bond donors (Lipinski definition) is 2. The number of anilines is 2. The van der Waals surface area contributed by atoms with Crippen LogP contribution in [0.15, 0.2) is 30.3 Å². The Bertz CT molecular complexity index is 1020. The molecular weight excluding hydrogens is 372 g/mol. The number of nitrogens with zero attached hydrogens (tertiary/aromatic N) is 2. The molecule has 1 aliphatic rings. The summed E-state index contributed by atoms with van der Waals surface area (Å²) in [5.74, 6) is 0.777. The normalized spacial score (nSPS) is 12.6. The van der Waals surface area contributed by atoms with Crippen molar-refractivity contribution in [2.45, 2.75) is 0 Å². The van der Waals surface area contributed by atoms with Gasteiger partial charge in [-0.3, -0.25) is 20.2 Å². The van der Waals surface area contributed by atoms with Crippen LogP contribution in [-0.4, -0.2) is 36.1 Å². The van der Waals surface area contributed by atoms with Crippen LogP contribution >= 0.6 is 11.3 Å². The van der Waals surface area contributed by atoms with Crippen molar-refractivity contribution in [3.63, 3.8) is 0 Å². The Morgan fingerprint density at radius 3 is 2.67 bits per heavy atom. The van der Waals surface area contributed by atoms with E-state index in [-0.39, 0.29) is 11.3 Å². The van der Waals surface area contributed by atoms with Crippen molar-refractivity contribution in [3.05, 3.63) is 46.0 Å². The van der Waals surface area contributed by atoms with E-state index in [9.17, 15) is 14.9 Å². The number of non-ortho nitro benzene ring substituents is 1. The third-order valence-corrected chi connectivity index (χ3v) is 4.93. The Kier molecular flexibility index (Phi) is 4.24. The number of nitro groups is 1. The van der Waals surface area contributed by atoms with Crippen LogP contribution in [-0.2, 0) is 0 Å². The number of thiazole rings is 1. The molecule has 2 aromatic carbocycles. The zero-order chi connectivity index (χ0) is 19.0. The van der Waals surface area contributed by atoms with Crippen LogP contribution in [0.4, 0.5) is 16.5 Å². The smallest absolute Gasteiger partial charge is 0.270 e. The first-order valence-electron chi connectivity index (χ1n) is 8.03. The predicted molar refractivity (Wildman–Crippen MR) is 101 cm³/mol. The monoisotopic (exact) mass is 386 g/mol. The Balaban J connectivity index is 1.65. The third kappa shape index (κ3) is 3.22. The molecule has 1 aliphatic heterocycles. The molecule has 9 nitrogen and oxygen atoms in total. The highest BCUT2D eigenvalue weighted by Gasteiger charge is 2.19. The quantitative estimate of drug-likeness (QED) is 0.522. The molecule has 0 bridgehead atoms. The number of rotatable bonds is 4. The minimum absolute atomic E-state index is 0.162. The summed E-state index contributed by atoms with van der Waals surface area (Å²) in [6.45, 7) is 0.965. The van der Waals surface area contributed by atoms with Gasteiger partial charge in [-0.15, -0.1) is 0 Å². The first kappa shape index (κ1) is 17.0. The van der Waals surface area contributed by atoms with E-state index in [2.05, 4.69) is 15.6 Å². The second-order valence-electron chi connectivity index (χ2n) is 5.67. The maximum atomic E-state index is 12.6. The Morgan fingerprint density at radius 1 is 1.22 bits per heavy atom. The number of hydrogen-bond acceptors (Lipinski definition) is 8. The molecule has 0 saturated heterocycles. The highest BCUT2D eigenvalue weighted by atomic mass is 32.1. The van der Waals surface area contributed by atoms with Crippen molar-refractivity contribution in [1.29, 1.82) is 0 Å². The first-order chi connectivity index (χ1) is 13.0. The molecule has 2 heterocycles. The molecule has 0 radical (unpaired) electrons. The van der Waals surface area contributed by atoms with Crippen LogP contribution in [0.3, 0.4) is 0 Å². The lowest BCUT2D eigenvalue weighted by Crippen LogP contribution is -2.15. The lowest BCUT2D eigenvalue weighted by molar-refractivity contribution is -0.384. The van der Waals surface area contributed by atoms with Gasteiger partial charge < -0.3 is 14.8 Å². The third-order valence-electron chi connectivity index (χ3n) is 4.00. The molecule has 0 saturated carbocycles. The first-order valence-corrected chi connectivity index (χ1v) is 8.84. The van der Waals surface area contributed by atoms with E-state index in [4.69, 9.17) is 9.47 Å². The molecular formula is C17H14N4O5S. The van der Waals surface area contributed by atoms with Gasteiger partial charge in [0.1, 0.15) is 13.2 Å². The van der Waals surface area contributed by atoms with Gasteiger partial charge in [-0.05, 0) is 6.07 Å². The van der Waals surface area contributed by atoms with Crippen molar-refractivity contribution < 1.29 is 19.2 Å². The molecule has 0 atom stereocenters. The molecule has 1 aromatic heterocycles. The fourth-order valence-corrected chi connectivity index (χ4v) is 3.61. The van der Waals surface area contributed by atoms with E-state index in [1.54, 1.807) is 13.1 Å². The highest BCUT2D eigenvalue weighted by Crippen LogP contribution is 2.38. The molecule has 0 unspecified atom stereocenters. The maximum Gasteiger partial charge on any atom is 0.270 e. The lowest BCUT2D eigenvalue weighted by atomic mass is 10.1. The van der Waals surface area contributed by atoms with E-state index >= 15 is 0 Å². The predicted octanol–water partition coefficient (Wildman–Crippen LogP) is 3.27. The van der Waals surface area contributed by atoms with Crippen LogP contribution in [0.5, 0.6) is 11.5 Å². The van der Waals surface area contributed by atoms with Gasteiger partial charge in [-0.1, -0.05) is 11.3 Å². The Hall–Kier alpha value is -3.40. The van der Waals surface area contributed by atoms with Gasteiger partial charge in [0.05, 0.1) is 20.7 Å². The number of carbonyl (C=O) groups excluding carboxylic acids is 1. The van der Waals surface area contributed by atoms with E-state index in [1.807, 2.05) is 6.07 Å². The van der Waals surface area contributed by atoms with Crippen LogP contribution in [0, 0.1) is 10.1 Å². The fraction of sp³-hybridized carbons (Fsp3) is 0.176. The van der Waals surface area contributed by atoms with Crippen molar-refractivity contribution in [1.82, 2.24) is 4.98 Å². The van der Waals surface area contributed by atoms with Gasteiger partial charge in [0.2, 0.25) is 0 Å². The highest BCUT2D eigenvalue weighted by molar-refractivity contribution is 7.22. The van der Waals surface area contributed by atoms with Crippen LogP contribution in [0.1, 0.15) is 10.4 Å². The summed E-state index contributed by atoms with van der Waals surface area (Å²) in [4.78, 5) is 27.5. The van der Waals surface area contributed by atoms with Crippen LogP contribution in [0.2, 0.25) is 0 Å². The zero-order valence-corrected chi connectivity index (χ0v) is 15.0. The summed E-state index contributed by atoms with van der Waals surface area (Å²) in [6.07, 6.45) is 0. The van der Waals surface area contributed by atoms with Crippen LogP contribution < -0.4 is 20.1 Å². The number of ether oxygens (including phenoxy) is 2. The van der Waals surface area contributed by atoms with Gasteiger partial charge in [-0.25, -0.2) is 4.98 Å². The van der Waals surface area contributed by atoms with Crippen LogP contribution in [0.25, 0.3) is 10.2 Å². The largest absolute Gasteiger partial charge is 0.486 e. The number of nitrogens with one attached hydrogen (secondary N) is 2. The van der Waals surface area contributed by atoms with Gasteiger partial charge in [-0.2, -0.15) is 0 Å². The number of fused-ring (bicyclic) bond motifs is 2. The van der Waals surface area contributed by atoms with Crippen molar-refractivity contribution in [2.75, 3.05) is 30.9 Å². The molecule has 2 N–H and O–H groups in total. The number of nitro benzene ring substituents is 1. The molecule has 138 valence electrons. The second kappa shape index (κ2) is 6.72. The molecule has 0 spiro atoms. The van der Waals surface area contributed by atoms with Crippen molar-refractivity contribution in [2.24, 2.45) is 0 Å². The standard InChI is InChI=1S/C17H14N4O5S/c1-18-11-3-2-9(21(23)24)6-10(11)16(22)20-17-19-12-7-13-14(8-15(12)27-17)26-5-4-25-13/h2-3,6-8,18H,4-5H2,1H3,(H,19,20,22). The summed E-state index contributed by atoms with van der Waals surface area (Å²) in [7, 11) is 1.64. The lowest BCUT2D eigenvalue weighted by Gasteiger charge is -2.17. The summed E-state index contributed by atoms with van der Waals surface area (Å²) in [5, 5.41) is 16.9. The molecule has 27 heavy (non-hydrogen) atoms. The van der Waals surface area contributed by atoms with E-state index in [1.165, 1.54) is 29.5 Å². The number of amides is 1. The molecule has 3 aromatic rings. The maximum absolute atomic E-state index is 12.6. The molecule has 1 amide bonds. The SMILES string of the molecule is CNc1ccc([N+](=O)[O-])cc1C(=O)Nc1nc2cc3c(cc2s1)OCCO3. The topological polar surface area (TPSA) is 116 Å². The van der Waals surface area contributed by atoms with Crippen molar-refractivity contribution >= 4 is 44.0 Å². The average molecular weight is 386 g/mol. The molecule has 0 aliphatic carbocycles. The minimum Gasteiger partial charge on any atom is -0.486 e. The Morgan fingerprint density at radius 2 is 1.96 bits per heavy atom. The van der Waals surface area contributed by atoms with Gasteiger partial charge >= 0.3 is 0 Å². The van der Waals surface area contributed by atoms with Gasteiger partial charge in [0.15, 0.2) is 16.6 Å². The Labute approximate surface area is 157 Å². The zero-order valence-electron chi connectivity index (χ0n) is 14.1. The minimum atomic E-state index is -0.543. The summed E-state index contributed by atoms with van der Waals surface area (Å²) < 4.78 is 11.9. The summed E-state index contributed by atoms with van der Waals surface area (Å²) in [6, 6.07) is 7.65. The number of carbonyl (C=O) groups is 1. The molecule has 10 heteroatoms. The van der Waals surface area contributed by atoms with E-state index < -0.39 is 10.8 Å². The average Bonchev–Trinajstić information content (AvgIpc) is 3.06. The van der Waals surface area contributed by atoms with Crippen molar-refractivity contribution in [3.8, 4) is 11.5 Å². The fourth-order valence-electron chi connectivity index (χ4n) is 2.73. The molecule has 4 rings (SSSR count). The van der Waals surface area contributed by atoms with E-state index in [0.717, 1.165) is 4.70 Å². The van der Waals surface area contributed by atoms with Gasteiger partial charge in [0.25, 0.3) is 11.6 Å².